The van der Waals surface area contributed by atoms with E-state index in [0.29, 0.717) is 6.42 Å². The Labute approximate surface area is 78.7 Å². The lowest BCUT2D eigenvalue weighted by Crippen LogP contribution is -2.45. The highest BCUT2D eigenvalue weighted by Crippen LogP contribution is 2.37. The molecule has 4 atom stereocenters. The van der Waals surface area contributed by atoms with E-state index >= 15 is 0 Å². The van der Waals surface area contributed by atoms with Crippen LogP contribution in [0.5, 0.6) is 0 Å². The highest BCUT2D eigenvalue weighted by molar-refractivity contribution is 4.96. The van der Waals surface area contributed by atoms with E-state index in [1.807, 2.05) is 6.92 Å². The van der Waals surface area contributed by atoms with Crippen molar-refractivity contribution < 1.29 is 14.9 Å². The number of epoxide rings is 1. The minimum atomic E-state index is -0.867. The lowest BCUT2D eigenvalue weighted by atomic mass is 9.79. The lowest BCUT2D eigenvalue weighted by molar-refractivity contribution is -0.107. The van der Waals surface area contributed by atoms with Crippen LogP contribution in [0.1, 0.15) is 39.0 Å². The normalized spacial score (nSPS) is 50.5. The average Bonchev–Trinajstić information content (AvgIpc) is 2.73. The Morgan fingerprint density at radius 2 is 2.15 bits per heavy atom. The van der Waals surface area contributed by atoms with Gasteiger partial charge in [0.1, 0.15) is 0 Å². The average molecular weight is 186 g/mol. The first-order valence-corrected chi connectivity index (χ1v) is 5.18. The van der Waals surface area contributed by atoms with E-state index in [2.05, 4.69) is 0 Å². The zero-order chi connectivity index (χ0) is 9.47. The molecule has 1 heterocycles. The van der Waals surface area contributed by atoms with Crippen LogP contribution in [0.4, 0.5) is 0 Å². The third-order valence-electron chi connectivity index (χ3n) is 3.35. The molecule has 0 aromatic heterocycles. The van der Waals surface area contributed by atoms with Crippen molar-refractivity contribution in [2.45, 2.75) is 62.9 Å². The Balaban J connectivity index is 1.92. The van der Waals surface area contributed by atoms with E-state index in [1.54, 1.807) is 0 Å². The zero-order valence-corrected chi connectivity index (χ0v) is 8.07. The molecule has 0 amide bonds. The van der Waals surface area contributed by atoms with Gasteiger partial charge in [0.2, 0.25) is 0 Å². The van der Waals surface area contributed by atoms with E-state index in [-0.39, 0.29) is 12.2 Å². The number of hydrogen-bond donors (Lipinski definition) is 2. The standard InChI is InChI=1S/C10H18O3/c1-7-8(13-7)6-10(12)5-3-2-4-9(10)11/h7-9,11-12H,2-6H2,1H3. The first-order valence-electron chi connectivity index (χ1n) is 5.18. The van der Waals surface area contributed by atoms with E-state index in [0.717, 1.165) is 25.7 Å². The van der Waals surface area contributed by atoms with E-state index < -0.39 is 11.7 Å². The van der Waals surface area contributed by atoms with Gasteiger partial charge in [-0.1, -0.05) is 12.8 Å². The molecule has 2 aliphatic rings. The van der Waals surface area contributed by atoms with Gasteiger partial charge in [-0.05, 0) is 19.8 Å². The lowest BCUT2D eigenvalue weighted by Gasteiger charge is -2.36. The van der Waals surface area contributed by atoms with Crippen LogP contribution in [0, 0.1) is 0 Å². The molecule has 0 bridgehead atoms. The van der Waals surface area contributed by atoms with Crippen molar-refractivity contribution in [2.24, 2.45) is 0 Å². The Hall–Kier alpha value is -0.120. The molecular formula is C10H18O3. The van der Waals surface area contributed by atoms with Crippen LogP contribution < -0.4 is 0 Å². The summed E-state index contributed by atoms with van der Waals surface area (Å²) in [5.41, 5.74) is -0.867. The highest BCUT2D eigenvalue weighted by atomic mass is 16.6. The topological polar surface area (TPSA) is 53.0 Å². The highest BCUT2D eigenvalue weighted by Gasteiger charge is 2.46. The van der Waals surface area contributed by atoms with Crippen molar-refractivity contribution in [3.63, 3.8) is 0 Å². The number of rotatable bonds is 2. The maximum atomic E-state index is 10.1. The summed E-state index contributed by atoms with van der Waals surface area (Å²) in [5.74, 6) is 0. The number of aliphatic hydroxyl groups excluding tert-OH is 1. The fraction of sp³-hybridized carbons (Fsp3) is 1.00. The molecule has 3 heteroatoms. The number of aliphatic hydroxyl groups is 2. The summed E-state index contributed by atoms with van der Waals surface area (Å²) < 4.78 is 5.26. The van der Waals surface area contributed by atoms with Crippen LogP contribution in [0.3, 0.4) is 0 Å². The predicted octanol–water partition coefficient (Wildman–Crippen LogP) is 0.830. The molecule has 0 spiro atoms. The largest absolute Gasteiger partial charge is 0.390 e. The second kappa shape index (κ2) is 3.23. The summed E-state index contributed by atoms with van der Waals surface area (Å²) in [6.07, 6.45) is 4.03. The molecule has 2 fully saturated rings. The van der Waals surface area contributed by atoms with Gasteiger partial charge in [-0.15, -0.1) is 0 Å². The minimum absolute atomic E-state index is 0.178. The predicted molar refractivity (Wildman–Crippen MR) is 48.4 cm³/mol. The molecule has 76 valence electrons. The van der Waals surface area contributed by atoms with Gasteiger partial charge in [-0.25, -0.2) is 0 Å². The molecule has 2 N–H and O–H groups in total. The number of ether oxygens (including phenoxy) is 1. The third-order valence-corrected chi connectivity index (χ3v) is 3.35. The Morgan fingerprint density at radius 1 is 1.46 bits per heavy atom. The Bertz CT molecular complexity index is 195. The number of hydrogen-bond acceptors (Lipinski definition) is 3. The van der Waals surface area contributed by atoms with Gasteiger partial charge in [0, 0.05) is 6.42 Å². The summed E-state index contributed by atoms with van der Waals surface area (Å²) in [4.78, 5) is 0. The van der Waals surface area contributed by atoms with Crippen molar-refractivity contribution in [1.29, 1.82) is 0 Å². The molecule has 0 radical (unpaired) electrons. The van der Waals surface area contributed by atoms with Crippen molar-refractivity contribution in [3.8, 4) is 0 Å². The summed E-state index contributed by atoms with van der Waals surface area (Å²) >= 11 is 0. The van der Waals surface area contributed by atoms with Gasteiger partial charge in [-0.3, -0.25) is 0 Å². The Kier molecular flexibility index (Phi) is 2.34. The molecular weight excluding hydrogens is 168 g/mol. The van der Waals surface area contributed by atoms with Gasteiger partial charge in [0.05, 0.1) is 23.9 Å². The van der Waals surface area contributed by atoms with E-state index in [4.69, 9.17) is 4.74 Å². The fourth-order valence-electron chi connectivity index (χ4n) is 2.24. The van der Waals surface area contributed by atoms with E-state index in [9.17, 15) is 10.2 Å². The van der Waals surface area contributed by atoms with Crippen molar-refractivity contribution >= 4 is 0 Å². The maximum Gasteiger partial charge on any atom is 0.0931 e. The first-order chi connectivity index (χ1) is 6.12. The molecule has 4 unspecified atom stereocenters. The van der Waals surface area contributed by atoms with Crippen LogP contribution in [0.2, 0.25) is 0 Å². The summed E-state index contributed by atoms with van der Waals surface area (Å²) in [6, 6.07) is 0. The molecule has 1 saturated carbocycles. The van der Waals surface area contributed by atoms with Crippen molar-refractivity contribution in [1.82, 2.24) is 0 Å². The molecule has 1 aliphatic heterocycles. The molecule has 1 aliphatic carbocycles. The van der Waals surface area contributed by atoms with Gasteiger partial charge in [0.25, 0.3) is 0 Å². The zero-order valence-electron chi connectivity index (χ0n) is 8.07. The second-order valence-electron chi connectivity index (χ2n) is 4.45. The molecule has 1 saturated heterocycles. The fourth-order valence-corrected chi connectivity index (χ4v) is 2.24. The SMILES string of the molecule is CC1OC1CC1(O)CCCCC1O. The Morgan fingerprint density at radius 3 is 2.69 bits per heavy atom. The summed E-state index contributed by atoms with van der Waals surface area (Å²) in [6.45, 7) is 2.00. The summed E-state index contributed by atoms with van der Waals surface area (Å²) in [5, 5.41) is 19.8. The first kappa shape index (κ1) is 9.44. The van der Waals surface area contributed by atoms with E-state index in [1.165, 1.54) is 0 Å². The molecule has 0 aromatic carbocycles. The van der Waals surface area contributed by atoms with Gasteiger partial charge >= 0.3 is 0 Å². The van der Waals surface area contributed by atoms with Crippen LogP contribution in [0.25, 0.3) is 0 Å². The molecule has 2 rings (SSSR count). The van der Waals surface area contributed by atoms with Gasteiger partial charge in [0.15, 0.2) is 0 Å². The van der Waals surface area contributed by atoms with Gasteiger partial charge in [-0.2, -0.15) is 0 Å². The monoisotopic (exact) mass is 186 g/mol. The second-order valence-corrected chi connectivity index (χ2v) is 4.45. The van der Waals surface area contributed by atoms with Gasteiger partial charge < -0.3 is 14.9 Å². The smallest absolute Gasteiger partial charge is 0.0931 e. The maximum absolute atomic E-state index is 10.1. The minimum Gasteiger partial charge on any atom is -0.390 e. The van der Waals surface area contributed by atoms with Crippen molar-refractivity contribution in [2.75, 3.05) is 0 Å². The van der Waals surface area contributed by atoms with Crippen LogP contribution in [0.15, 0.2) is 0 Å². The van der Waals surface area contributed by atoms with Crippen LogP contribution in [-0.2, 0) is 4.74 Å². The van der Waals surface area contributed by atoms with Crippen LogP contribution in [-0.4, -0.2) is 34.1 Å². The third kappa shape index (κ3) is 1.87. The molecule has 0 aromatic rings. The summed E-state index contributed by atoms with van der Waals surface area (Å²) in [7, 11) is 0. The quantitative estimate of drug-likeness (QED) is 0.628. The van der Waals surface area contributed by atoms with Crippen LogP contribution >= 0.6 is 0 Å². The molecule has 3 nitrogen and oxygen atoms in total. The molecule has 13 heavy (non-hydrogen) atoms. The van der Waals surface area contributed by atoms with Crippen molar-refractivity contribution in [3.05, 3.63) is 0 Å².